The SMILES string of the molecule is CC(C)(CNCCCS)c1c[nH]c2ccccc12. The summed E-state index contributed by atoms with van der Waals surface area (Å²) in [5.41, 5.74) is 2.74. The average molecular weight is 262 g/mol. The van der Waals surface area contributed by atoms with Crippen molar-refractivity contribution >= 4 is 23.5 Å². The van der Waals surface area contributed by atoms with Gasteiger partial charge in [-0.25, -0.2) is 0 Å². The zero-order chi connectivity index (χ0) is 13.0. The first-order valence-electron chi connectivity index (χ1n) is 6.53. The van der Waals surface area contributed by atoms with Crippen LogP contribution in [0.15, 0.2) is 30.5 Å². The first-order chi connectivity index (χ1) is 8.65. The van der Waals surface area contributed by atoms with Gasteiger partial charge in [0.1, 0.15) is 0 Å². The molecule has 0 saturated heterocycles. The van der Waals surface area contributed by atoms with Crippen LogP contribution in [0.25, 0.3) is 10.9 Å². The maximum atomic E-state index is 4.23. The normalized spacial score (nSPS) is 12.2. The number of aromatic amines is 1. The van der Waals surface area contributed by atoms with Crippen LogP contribution in [0, 0.1) is 0 Å². The van der Waals surface area contributed by atoms with Crippen molar-refractivity contribution in [3.8, 4) is 0 Å². The molecule has 3 heteroatoms. The van der Waals surface area contributed by atoms with E-state index in [1.54, 1.807) is 0 Å². The second-order valence-corrected chi connectivity index (χ2v) is 5.83. The smallest absolute Gasteiger partial charge is 0.0457 e. The van der Waals surface area contributed by atoms with Gasteiger partial charge >= 0.3 is 0 Å². The van der Waals surface area contributed by atoms with E-state index in [1.165, 1.54) is 16.5 Å². The second kappa shape index (κ2) is 5.81. The van der Waals surface area contributed by atoms with Crippen molar-refractivity contribution in [1.29, 1.82) is 0 Å². The number of nitrogens with one attached hydrogen (secondary N) is 2. The number of hydrogen-bond donors (Lipinski definition) is 3. The molecule has 0 aliphatic rings. The van der Waals surface area contributed by atoms with E-state index in [-0.39, 0.29) is 5.41 Å². The first-order valence-corrected chi connectivity index (χ1v) is 7.16. The van der Waals surface area contributed by atoms with Gasteiger partial charge in [-0.05, 0) is 30.3 Å². The van der Waals surface area contributed by atoms with Gasteiger partial charge in [0.25, 0.3) is 0 Å². The van der Waals surface area contributed by atoms with E-state index in [1.807, 2.05) is 0 Å². The molecule has 98 valence electrons. The number of hydrogen-bond acceptors (Lipinski definition) is 2. The summed E-state index contributed by atoms with van der Waals surface area (Å²) in [5.74, 6) is 0.945. The zero-order valence-corrected chi connectivity index (χ0v) is 12.1. The lowest BCUT2D eigenvalue weighted by Gasteiger charge is -2.25. The largest absolute Gasteiger partial charge is 0.361 e. The molecule has 18 heavy (non-hydrogen) atoms. The van der Waals surface area contributed by atoms with Gasteiger partial charge < -0.3 is 10.3 Å². The summed E-state index contributed by atoms with van der Waals surface area (Å²) in [6.07, 6.45) is 3.26. The molecule has 0 radical (unpaired) electrons. The van der Waals surface area contributed by atoms with Crippen LogP contribution in [0.5, 0.6) is 0 Å². The zero-order valence-electron chi connectivity index (χ0n) is 11.2. The summed E-state index contributed by atoms with van der Waals surface area (Å²) in [6, 6.07) is 8.49. The Kier molecular flexibility index (Phi) is 4.36. The molecule has 0 bridgehead atoms. The highest BCUT2D eigenvalue weighted by Crippen LogP contribution is 2.29. The Bertz CT molecular complexity index is 502. The minimum absolute atomic E-state index is 0.135. The predicted octanol–water partition coefficient (Wildman–Crippen LogP) is 3.36. The molecule has 0 fully saturated rings. The number of fused-ring (bicyclic) bond motifs is 1. The molecule has 2 nitrogen and oxygen atoms in total. The third-order valence-corrected chi connectivity index (χ3v) is 3.71. The highest BCUT2D eigenvalue weighted by atomic mass is 32.1. The Hall–Kier alpha value is -0.930. The summed E-state index contributed by atoms with van der Waals surface area (Å²) in [6.45, 7) is 6.60. The van der Waals surface area contributed by atoms with Crippen molar-refractivity contribution < 1.29 is 0 Å². The fraction of sp³-hybridized carbons (Fsp3) is 0.467. The molecule has 2 aromatic rings. The number of thiol groups is 1. The molecular formula is C15H22N2S. The molecule has 0 spiro atoms. The predicted molar refractivity (Wildman–Crippen MR) is 82.7 cm³/mol. The minimum Gasteiger partial charge on any atom is -0.361 e. The van der Waals surface area contributed by atoms with E-state index in [0.717, 1.165) is 25.3 Å². The molecule has 0 aliphatic carbocycles. The third-order valence-electron chi connectivity index (χ3n) is 3.40. The highest BCUT2D eigenvalue weighted by molar-refractivity contribution is 7.80. The molecule has 2 N–H and O–H groups in total. The average Bonchev–Trinajstić information content (AvgIpc) is 2.79. The van der Waals surface area contributed by atoms with Crippen LogP contribution >= 0.6 is 12.6 Å². The number of H-pyrrole nitrogens is 1. The van der Waals surface area contributed by atoms with Gasteiger partial charge in [-0.15, -0.1) is 0 Å². The molecule has 2 rings (SSSR count). The number of para-hydroxylation sites is 1. The lowest BCUT2D eigenvalue weighted by molar-refractivity contribution is 0.473. The summed E-state index contributed by atoms with van der Waals surface area (Å²) < 4.78 is 0. The minimum atomic E-state index is 0.135. The van der Waals surface area contributed by atoms with Crippen LogP contribution < -0.4 is 5.32 Å². The van der Waals surface area contributed by atoms with Gasteiger partial charge in [-0.1, -0.05) is 32.0 Å². The van der Waals surface area contributed by atoms with Crippen LogP contribution in [0.1, 0.15) is 25.8 Å². The fourth-order valence-electron chi connectivity index (χ4n) is 2.33. The summed E-state index contributed by atoms with van der Waals surface area (Å²) in [5, 5.41) is 4.85. The fourth-order valence-corrected chi connectivity index (χ4v) is 2.49. The molecule has 0 atom stereocenters. The number of rotatable bonds is 6. The molecular weight excluding hydrogens is 240 g/mol. The van der Waals surface area contributed by atoms with Crippen molar-refractivity contribution in [2.24, 2.45) is 0 Å². The lowest BCUT2D eigenvalue weighted by atomic mass is 9.84. The third kappa shape index (κ3) is 2.90. The summed E-state index contributed by atoms with van der Waals surface area (Å²) in [4.78, 5) is 3.36. The van der Waals surface area contributed by atoms with Gasteiger partial charge in [-0.3, -0.25) is 0 Å². The van der Waals surface area contributed by atoms with Crippen LogP contribution in [0.2, 0.25) is 0 Å². The van der Waals surface area contributed by atoms with Crippen molar-refractivity contribution in [2.45, 2.75) is 25.7 Å². The van der Waals surface area contributed by atoms with E-state index >= 15 is 0 Å². The van der Waals surface area contributed by atoms with Gasteiger partial charge in [0.05, 0.1) is 0 Å². The maximum absolute atomic E-state index is 4.23. The summed E-state index contributed by atoms with van der Waals surface area (Å²) >= 11 is 4.23. The van der Waals surface area contributed by atoms with E-state index in [9.17, 15) is 0 Å². The second-order valence-electron chi connectivity index (χ2n) is 5.39. The molecule has 1 aromatic heterocycles. The van der Waals surface area contributed by atoms with Crippen molar-refractivity contribution in [3.63, 3.8) is 0 Å². The van der Waals surface area contributed by atoms with Gasteiger partial charge in [0.15, 0.2) is 0 Å². The Morgan fingerprint density at radius 2 is 2.06 bits per heavy atom. The molecule has 0 aliphatic heterocycles. The topological polar surface area (TPSA) is 27.8 Å². The number of aromatic nitrogens is 1. The van der Waals surface area contributed by atoms with E-state index in [2.05, 4.69) is 67.2 Å². The monoisotopic (exact) mass is 262 g/mol. The van der Waals surface area contributed by atoms with E-state index in [4.69, 9.17) is 0 Å². The number of benzene rings is 1. The Morgan fingerprint density at radius 1 is 1.28 bits per heavy atom. The van der Waals surface area contributed by atoms with Crippen molar-refractivity contribution in [2.75, 3.05) is 18.8 Å². The molecule has 0 unspecified atom stereocenters. The highest BCUT2D eigenvalue weighted by Gasteiger charge is 2.23. The van der Waals surface area contributed by atoms with Crippen molar-refractivity contribution in [1.82, 2.24) is 10.3 Å². The maximum Gasteiger partial charge on any atom is 0.0457 e. The van der Waals surface area contributed by atoms with E-state index < -0.39 is 0 Å². The molecule has 0 saturated carbocycles. The van der Waals surface area contributed by atoms with Crippen LogP contribution in [0.3, 0.4) is 0 Å². The molecule has 1 heterocycles. The van der Waals surface area contributed by atoms with E-state index in [0.29, 0.717) is 0 Å². The Morgan fingerprint density at radius 3 is 2.83 bits per heavy atom. The van der Waals surface area contributed by atoms with Gasteiger partial charge in [0.2, 0.25) is 0 Å². The van der Waals surface area contributed by atoms with Crippen LogP contribution in [-0.4, -0.2) is 23.8 Å². The van der Waals surface area contributed by atoms with Crippen LogP contribution in [0.4, 0.5) is 0 Å². The van der Waals surface area contributed by atoms with Crippen LogP contribution in [-0.2, 0) is 5.41 Å². The lowest BCUT2D eigenvalue weighted by Crippen LogP contribution is -2.33. The van der Waals surface area contributed by atoms with Crippen molar-refractivity contribution in [3.05, 3.63) is 36.0 Å². The van der Waals surface area contributed by atoms with Gasteiger partial charge in [-0.2, -0.15) is 12.6 Å². The molecule has 0 amide bonds. The first kappa shape index (κ1) is 13.5. The molecule has 1 aromatic carbocycles. The van der Waals surface area contributed by atoms with Gasteiger partial charge in [0, 0.05) is 29.1 Å². The summed E-state index contributed by atoms with van der Waals surface area (Å²) in [7, 11) is 0. The Balaban J connectivity index is 2.13. The Labute approximate surface area is 115 Å². The quantitative estimate of drug-likeness (QED) is 0.540. The standard InChI is InChI=1S/C15H22N2S/c1-15(2,11-16-8-5-9-18)13-10-17-14-7-4-3-6-12(13)14/h3-4,6-7,10,16-18H,5,8-9,11H2,1-2H3.